The minimum atomic E-state index is -0.514. The highest BCUT2D eigenvalue weighted by molar-refractivity contribution is 6.53. The number of carbonyl (C=O) groups is 2. The van der Waals surface area contributed by atoms with Crippen LogP contribution in [0.4, 0.5) is 0 Å². The van der Waals surface area contributed by atoms with E-state index in [1.165, 1.54) is 14.2 Å². The summed E-state index contributed by atoms with van der Waals surface area (Å²) in [6.45, 7) is 0. The molecule has 0 N–H and O–H groups in total. The van der Waals surface area contributed by atoms with Crippen molar-refractivity contribution in [2.45, 2.75) is 0 Å². The standard InChI is InChI=1S/C16H12O4/c1-19-13-7-11-9-5-3-4-6-10(9)15(17)16(18)12(11)8-14(13)20-2/h3-8H,1-2H3. The molecule has 20 heavy (non-hydrogen) atoms. The Morgan fingerprint density at radius 2 is 1.20 bits per heavy atom. The van der Waals surface area contributed by atoms with Crippen molar-refractivity contribution in [2.75, 3.05) is 14.2 Å². The molecule has 0 fully saturated rings. The van der Waals surface area contributed by atoms with Gasteiger partial charge in [0.15, 0.2) is 11.5 Å². The minimum Gasteiger partial charge on any atom is -0.493 e. The first-order valence-corrected chi connectivity index (χ1v) is 6.12. The maximum Gasteiger partial charge on any atom is 0.234 e. The molecule has 0 atom stereocenters. The van der Waals surface area contributed by atoms with E-state index in [0.717, 1.165) is 5.56 Å². The summed E-state index contributed by atoms with van der Waals surface area (Å²) in [5.41, 5.74) is 2.22. The van der Waals surface area contributed by atoms with Crippen LogP contribution < -0.4 is 9.47 Å². The molecule has 0 saturated heterocycles. The monoisotopic (exact) mass is 268 g/mol. The van der Waals surface area contributed by atoms with Crippen LogP contribution >= 0.6 is 0 Å². The predicted octanol–water partition coefficient (Wildman–Crippen LogP) is 2.75. The van der Waals surface area contributed by atoms with Crippen LogP contribution in [-0.2, 0) is 0 Å². The van der Waals surface area contributed by atoms with Gasteiger partial charge in [0.2, 0.25) is 11.6 Å². The van der Waals surface area contributed by atoms with Gasteiger partial charge in [0.05, 0.1) is 14.2 Å². The molecule has 4 heteroatoms. The second-order valence-corrected chi connectivity index (χ2v) is 4.46. The van der Waals surface area contributed by atoms with E-state index >= 15 is 0 Å². The molecule has 0 spiro atoms. The lowest BCUT2D eigenvalue weighted by molar-refractivity contribution is 0.0815. The van der Waals surface area contributed by atoms with Gasteiger partial charge in [-0.2, -0.15) is 0 Å². The molecule has 0 radical (unpaired) electrons. The summed E-state index contributed by atoms with van der Waals surface area (Å²) in [6, 6.07) is 10.4. The summed E-state index contributed by atoms with van der Waals surface area (Å²) in [5, 5.41) is 0. The molecule has 2 aromatic rings. The molecule has 0 saturated carbocycles. The summed E-state index contributed by atoms with van der Waals surface area (Å²) in [5.74, 6) is -0.0324. The minimum absolute atomic E-state index is 0.353. The van der Waals surface area contributed by atoms with Gasteiger partial charge in [0, 0.05) is 11.1 Å². The van der Waals surface area contributed by atoms with E-state index < -0.39 is 11.6 Å². The maximum absolute atomic E-state index is 12.2. The van der Waals surface area contributed by atoms with Crippen LogP contribution in [0.15, 0.2) is 36.4 Å². The molecule has 0 aromatic heterocycles. The highest BCUT2D eigenvalue weighted by atomic mass is 16.5. The van der Waals surface area contributed by atoms with Crippen molar-refractivity contribution in [1.29, 1.82) is 0 Å². The van der Waals surface area contributed by atoms with E-state index in [2.05, 4.69) is 0 Å². The summed E-state index contributed by atoms with van der Waals surface area (Å²) in [6.07, 6.45) is 0. The largest absolute Gasteiger partial charge is 0.493 e. The average molecular weight is 268 g/mol. The first kappa shape index (κ1) is 12.4. The van der Waals surface area contributed by atoms with Gasteiger partial charge in [-0.05, 0) is 23.3 Å². The van der Waals surface area contributed by atoms with Gasteiger partial charge < -0.3 is 9.47 Å². The molecular formula is C16H12O4. The van der Waals surface area contributed by atoms with Crippen LogP contribution in [-0.4, -0.2) is 25.8 Å². The third kappa shape index (κ3) is 1.61. The van der Waals surface area contributed by atoms with E-state index in [1.54, 1.807) is 24.3 Å². The molecule has 3 rings (SSSR count). The molecule has 0 bridgehead atoms. The number of rotatable bonds is 2. The first-order chi connectivity index (χ1) is 9.67. The number of carbonyl (C=O) groups excluding carboxylic acids is 2. The first-order valence-electron chi connectivity index (χ1n) is 6.12. The van der Waals surface area contributed by atoms with Crippen LogP contribution in [0.3, 0.4) is 0 Å². The number of fused-ring (bicyclic) bond motifs is 3. The third-order valence-corrected chi connectivity index (χ3v) is 3.44. The van der Waals surface area contributed by atoms with Crippen molar-refractivity contribution < 1.29 is 19.1 Å². The summed E-state index contributed by atoms with van der Waals surface area (Å²) in [7, 11) is 3.03. The van der Waals surface area contributed by atoms with Crippen molar-refractivity contribution in [3.63, 3.8) is 0 Å². The summed E-state index contributed by atoms with van der Waals surface area (Å²) >= 11 is 0. The second kappa shape index (κ2) is 4.49. The molecule has 0 aliphatic heterocycles. The maximum atomic E-state index is 12.2. The fraction of sp³-hybridized carbons (Fsp3) is 0.125. The van der Waals surface area contributed by atoms with Crippen LogP contribution in [0, 0.1) is 0 Å². The van der Waals surface area contributed by atoms with Crippen molar-refractivity contribution >= 4 is 11.6 Å². The van der Waals surface area contributed by atoms with Crippen LogP contribution in [0.2, 0.25) is 0 Å². The summed E-state index contributed by atoms with van der Waals surface area (Å²) < 4.78 is 10.4. The van der Waals surface area contributed by atoms with E-state index in [0.29, 0.717) is 28.2 Å². The summed E-state index contributed by atoms with van der Waals surface area (Å²) in [4.78, 5) is 24.3. The number of Topliss-reactive ketones (excluding diaryl/α,β-unsaturated/α-hetero) is 2. The lowest BCUT2D eigenvalue weighted by Crippen LogP contribution is -2.21. The Kier molecular flexibility index (Phi) is 2.79. The fourth-order valence-corrected chi connectivity index (χ4v) is 2.45. The number of benzene rings is 2. The average Bonchev–Trinajstić information content (AvgIpc) is 2.51. The Morgan fingerprint density at radius 3 is 1.80 bits per heavy atom. The van der Waals surface area contributed by atoms with Crippen LogP contribution in [0.25, 0.3) is 11.1 Å². The number of methoxy groups -OCH3 is 2. The van der Waals surface area contributed by atoms with Gasteiger partial charge >= 0.3 is 0 Å². The highest BCUT2D eigenvalue weighted by Gasteiger charge is 2.31. The molecule has 2 aromatic carbocycles. The zero-order valence-corrected chi connectivity index (χ0v) is 11.1. The Labute approximate surface area is 115 Å². The van der Waals surface area contributed by atoms with E-state index in [1.807, 2.05) is 12.1 Å². The number of ether oxygens (including phenoxy) is 2. The predicted molar refractivity (Wildman–Crippen MR) is 73.6 cm³/mol. The van der Waals surface area contributed by atoms with Gasteiger partial charge in [-0.15, -0.1) is 0 Å². The van der Waals surface area contributed by atoms with Gasteiger partial charge in [0.25, 0.3) is 0 Å². The van der Waals surface area contributed by atoms with Gasteiger partial charge in [-0.1, -0.05) is 24.3 Å². The van der Waals surface area contributed by atoms with Crippen LogP contribution in [0.1, 0.15) is 20.7 Å². The Bertz CT molecular complexity index is 731. The molecule has 100 valence electrons. The van der Waals surface area contributed by atoms with Crippen LogP contribution in [0.5, 0.6) is 11.5 Å². The SMILES string of the molecule is COc1cc2c(cc1OC)-c1ccccc1C(=O)C2=O. The Hall–Kier alpha value is -2.62. The Morgan fingerprint density at radius 1 is 0.700 bits per heavy atom. The van der Waals surface area contributed by atoms with E-state index in [4.69, 9.17) is 9.47 Å². The van der Waals surface area contributed by atoms with Gasteiger partial charge in [-0.3, -0.25) is 9.59 Å². The zero-order chi connectivity index (χ0) is 14.3. The van der Waals surface area contributed by atoms with Gasteiger partial charge in [-0.25, -0.2) is 0 Å². The normalized spacial score (nSPS) is 12.7. The number of ketones is 2. The quantitative estimate of drug-likeness (QED) is 0.786. The molecular weight excluding hydrogens is 256 g/mol. The Balaban J connectivity index is 2.35. The molecule has 1 aliphatic rings. The third-order valence-electron chi connectivity index (χ3n) is 3.44. The molecule has 4 nitrogen and oxygen atoms in total. The van der Waals surface area contributed by atoms with Crippen molar-refractivity contribution in [3.05, 3.63) is 47.5 Å². The lowest BCUT2D eigenvalue weighted by Gasteiger charge is -2.19. The van der Waals surface area contributed by atoms with Crippen molar-refractivity contribution in [1.82, 2.24) is 0 Å². The van der Waals surface area contributed by atoms with Gasteiger partial charge in [0.1, 0.15) is 0 Å². The second-order valence-electron chi connectivity index (χ2n) is 4.46. The number of hydrogen-bond acceptors (Lipinski definition) is 4. The topological polar surface area (TPSA) is 52.6 Å². The van der Waals surface area contributed by atoms with Crippen molar-refractivity contribution in [2.24, 2.45) is 0 Å². The van der Waals surface area contributed by atoms with E-state index in [-0.39, 0.29) is 0 Å². The van der Waals surface area contributed by atoms with E-state index in [9.17, 15) is 9.59 Å². The fourth-order valence-electron chi connectivity index (χ4n) is 2.45. The molecule has 0 amide bonds. The zero-order valence-electron chi connectivity index (χ0n) is 11.1. The lowest BCUT2D eigenvalue weighted by atomic mass is 9.83. The molecule has 0 heterocycles. The van der Waals surface area contributed by atoms with Crippen molar-refractivity contribution in [3.8, 4) is 22.6 Å². The highest BCUT2D eigenvalue weighted by Crippen LogP contribution is 2.40. The molecule has 1 aliphatic carbocycles. The molecule has 0 unspecified atom stereocenters. The number of hydrogen-bond donors (Lipinski definition) is 0. The smallest absolute Gasteiger partial charge is 0.234 e.